The first-order valence-electron chi connectivity index (χ1n) is 10.0. The van der Waals surface area contributed by atoms with E-state index >= 15 is 0 Å². The molecule has 0 amide bonds. The van der Waals surface area contributed by atoms with Gasteiger partial charge in [-0.3, -0.25) is 0 Å². The van der Waals surface area contributed by atoms with E-state index in [9.17, 15) is 19.8 Å². The van der Waals surface area contributed by atoms with Gasteiger partial charge in [0, 0.05) is 0 Å². The molecule has 4 heteroatoms. The van der Waals surface area contributed by atoms with Gasteiger partial charge in [0.15, 0.2) is 0 Å². The third-order valence-electron chi connectivity index (χ3n) is 4.95. The molecule has 0 aliphatic rings. The van der Waals surface area contributed by atoms with E-state index in [1.807, 2.05) is 13.8 Å². The van der Waals surface area contributed by atoms with E-state index in [1.54, 1.807) is 6.07 Å². The fraction of sp³-hybridized carbons (Fsp3) is 0.636. The first-order chi connectivity index (χ1) is 12.4. The number of hydrogen-bond acceptors (Lipinski definition) is 2. The maximum Gasteiger partial charge on any atom is 0.336 e. The highest BCUT2D eigenvalue weighted by Crippen LogP contribution is 2.28. The molecule has 0 aliphatic carbocycles. The Kier molecular flexibility index (Phi) is 10.0. The molecule has 26 heavy (non-hydrogen) atoms. The molecule has 2 N–H and O–H groups in total. The van der Waals surface area contributed by atoms with Crippen LogP contribution in [0, 0.1) is 0 Å². The minimum absolute atomic E-state index is 0.0248. The Bertz CT molecular complexity index is 590. The van der Waals surface area contributed by atoms with Crippen LogP contribution in [0.1, 0.15) is 116 Å². The molecular weight excluding hydrogens is 328 g/mol. The lowest BCUT2D eigenvalue weighted by molar-refractivity contribution is 0.0650. The maximum absolute atomic E-state index is 11.7. The van der Waals surface area contributed by atoms with Crippen LogP contribution in [0.2, 0.25) is 0 Å². The summed E-state index contributed by atoms with van der Waals surface area (Å²) >= 11 is 0. The van der Waals surface area contributed by atoms with Crippen molar-refractivity contribution in [1.82, 2.24) is 0 Å². The molecule has 0 heterocycles. The number of unbranched alkanes of at least 4 members (excludes halogenated alkanes) is 8. The van der Waals surface area contributed by atoms with Crippen LogP contribution in [0.25, 0.3) is 0 Å². The highest BCUT2D eigenvalue weighted by atomic mass is 16.4. The van der Waals surface area contributed by atoms with E-state index in [0.29, 0.717) is 12.0 Å². The van der Waals surface area contributed by atoms with Gasteiger partial charge in [-0.25, -0.2) is 9.59 Å². The number of benzene rings is 1. The van der Waals surface area contributed by atoms with Crippen molar-refractivity contribution in [3.8, 4) is 0 Å². The third kappa shape index (κ3) is 6.81. The number of aromatic carboxylic acids is 2. The molecule has 146 valence electrons. The average Bonchev–Trinajstić information content (AvgIpc) is 2.59. The molecule has 0 fully saturated rings. The van der Waals surface area contributed by atoms with Crippen LogP contribution < -0.4 is 0 Å². The molecule has 1 aromatic rings. The molecule has 0 bridgehead atoms. The van der Waals surface area contributed by atoms with Crippen molar-refractivity contribution in [3.63, 3.8) is 0 Å². The van der Waals surface area contributed by atoms with E-state index in [1.165, 1.54) is 44.6 Å². The van der Waals surface area contributed by atoms with Crippen LogP contribution in [0.3, 0.4) is 0 Å². The number of carboxylic acids is 2. The monoisotopic (exact) mass is 362 g/mol. The van der Waals surface area contributed by atoms with E-state index in [4.69, 9.17) is 0 Å². The molecule has 0 aromatic heterocycles. The maximum atomic E-state index is 11.7. The summed E-state index contributed by atoms with van der Waals surface area (Å²) in [5.41, 5.74) is 1.53. The van der Waals surface area contributed by atoms with Gasteiger partial charge in [-0.05, 0) is 36.0 Å². The lowest BCUT2D eigenvalue weighted by Crippen LogP contribution is -2.14. The highest BCUT2D eigenvalue weighted by molar-refractivity contribution is 6.03. The number of carboxylic acid groups (broad SMARTS) is 2. The van der Waals surface area contributed by atoms with Gasteiger partial charge in [0.25, 0.3) is 0 Å². The van der Waals surface area contributed by atoms with Gasteiger partial charge in [0.2, 0.25) is 0 Å². The first kappa shape index (κ1) is 22.2. The van der Waals surface area contributed by atoms with Crippen molar-refractivity contribution in [2.75, 3.05) is 0 Å². The fourth-order valence-corrected chi connectivity index (χ4v) is 3.51. The van der Waals surface area contributed by atoms with Crippen molar-refractivity contribution in [2.45, 2.75) is 90.9 Å². The van der Waals surface area contributed by atoms with Crippen LogP contribution >= 0.6 is 0 Å². The average molecular weight is 363 g/mol. The standard InChI is InChI=1S/C22H34O4/c1-4-5-6-7-8-9-10-11-12-13-18-17(16(2)3)14-15-19(21(23)24)20(18)22(25)26/h14-16H,4-13H2,1-3H3,(H,23,24)(H,25,26). The van der Waals surface area contributed by atoms with Gasteiger partial charge in [-0.15, -0.1) is 0 Å². The Balaban J connectivity index is 2.70. The summed E-state index contributed by atoms with van der Waals surface area (Å²) in [4.78, 5) is 23.1. The van der Waals surface area contributed by atoms with Gasteiger partial charge < -0.3 is 10.2 Å². The highest BCUT2D eigenvalue weighted by Gasteiger charge is 2.23. The number of hydrogen-bond donors (Lipinski definition) is 2. The summed E-state index contributed by atoms with van der Waals surface area (Å²) < 4.78 is 0. The predicted octanol–water partition coefficient (Wildman–Crippen LogP) is 6.28. The third-order valence-corrected chi connectivity index (χ3v) is 4.95. The fourth-order valence-electron chi connectivity index (χ4n) is 3.51. The zero-order chi connectivity index (χ0) is 19.5. The smallest absolute Gasteiger partial charge is 0.336 e. The topological polar surface area (TPSA) is 74.6 Å². The van der Waals surface area contributed by atoms with Crippen LogP contribution in [-0.4, -0.2) is 22.2 Å². The summed E-state index contributed by atoms with van der Waals surface area (Å²) in [5.74, 6) is -2.15. The van der Waals surface area contributed by atoms with Crippen molar-refractivity contribution in [1.29, 1.82) is 0 Å². The van der Waals surface area contributed by atoms with Gasteiger partial charge >= 0.3 is 11.9 Å². The molecule has 0 aliphatic heterocycles. The Labute approximate surface area is 157 Å². The molecule has 0 atom stereocenters. The largest absolute Gasteiger partial charge is 0.478 e. The Morgan fingerprint density at radius 2 is 1.38 bits per heavy atom. The van der Waals surface area contributed by atoms with E-state index < -0.39 is 11.9 Å². The summed E-state index contributed by atoms with van der Waals surface area (Å²) in [7, 11) is 0. The second kappa shape index (κ2) is 11.7. The molecule has 1 rings (SSSR count). The molecule has 0 saturated carbocycles. The summed E-state index contributed by atoms with van der Waals surface area (Å²) in [6.45, 7) is 6.25. The van der Waals surface area contributed by atoms with Gasteiger partial charge in [0.1, 0.15) is 0 Å². The molecule has 0 saturated heterocycles. The van der Waals surface area contributed by atoms with Gasteiger partial charge in [-0.1, -0.05) is 78.2 Å². The number of rotatable bonds is 13. The SMILES string of the molecule is CCCCCCCCCCCc1c(C(C)C)ccc(C(=O)O)c1C(=O)O. The van der Waals surface area contributed by atoms with E-state index in [-0.39, 0.29) is 17.0 Å². The van der Waals surface area contributed by atoms with E-state index in [2.05, 4.69) is 6.92 Å². The zero-order valence-corrected chi connectivity index (χ0v) is 16.5. The Morgan fingerprint density at radius 3 is 1.85 bits per heavy atom. The Hall–Kier alpha value is -1.84. The minimum Gasteiger partial charge on any atom is -0.478 e. The zero-order valence-electron chi connectivity index (χ0n) is 16.5. The van der Waals surface area contributed by atoms with Gasteiger partial charge in [0.05, 0.1) is 11.1 Å². The second-order valence-corrected chi connectivity index (χ2v) is 7.40. The van der Waals surface area contributed by atoms with Crippen molar-refractivity contribution in [3.05, 3.63) is 34.4 Å². The van der Waals surface area contributed by atoms with Crippen LogP contribution in [-0.2, 0) is 6.42 Å². The molecule has 4 nitrogen and oxygen atoms in total. The van der Waals surface area contributed by atoms with Crippen LogP contribution in [0.4, 0.5) is 0 Å². The number of carbonyl (C=O) groups is 2. The molecule has 0 unspecified atom stereocenters. The quantitative estimate of drug-likeness (QED) is 0.405. The molecule has 0 radical (unpaired) electrons. The van der Waals surface area contributed by atoms with E-state index in [0.717, 1.165) is 24.8 Å². The molecular formula is C22H34O4. The van der Waals surface area contributed by atoms with Crippen molar-refractivity contribution >= 4 is 11.9 Å². The summed E-state index contributed by atoms with van der Waals surface area (Å²) in [6, 6.07) is 3.21. The molecule has 0 spiro atoms. The minimum atomic E-state index is -1.17. The molecule has 1 aromatic carbocycles. The van der Waals surface area contributed by atoms with Crippen LogP contribution in [0.15, 0.2) is 12.1 Å². The lowest BCUT2D eigenvalue weighted by atomic mass is 9.87. The normalized spacial score (nSPS) is 11.1. The second-order valence-electron chi connectivity index (χ2n) is 7.40. The summed E-state index contributed by atoms with van der Waals surface area (Å²) in [5, 5.41) is 18.9. The summed E-state index contributed by atoms with van der Waals surface area (Å²) in [6.07, 6.45) is 11.4. The first-order valence-corrected chi connectivity index (χ1v) is 10.0. The van der Waals surface area contributed by atoms with Gasteiger partial charge in [-0.2, -0.15) is 0 Å². The van der Waals surface area contributed by atoms with Crippen LogP contribution in [0.5, 0.6) is 0 Å². The lowest BCUT2D eigenvalue weighted by Gasteiger charge is -2.17. The Morgan fingerprint density at radius 1 is 0.846 bits per heavy atom. The van der Waals surface area contributed by atoms with Crippen molar-refractivity contribution in [2.24, 2.45) is 0 Å². The predicted molar refractivity (Wildman–Crippen MR) is 105 cm³/mol. The van der Waals surface area contributed by atoms with Crippen molar-refractivity contribution < 1.29 is 19.8 Å².